The number of hydrogen-bond acceptors (Lipinski definition) is 1. The van der Waals surface area contributed by atoms with Crippen molar-refractivity contribution in [3.05, 3.63) is 12.6 Å². The number of carbonyl (C=O) groups excluding carboxylic acids is 1. The molecular weight excluding hydrogens is 88.1 g/mol. The molecule has 0 aliphatic heterocycles. The molecule has 7 heavy (non-hydrogen) atoms. The highest BCUT2D eigenvalue weighted by Gasteiger charge is 1.98. The number of carbonyl (C=O) groups is 1. The van der Waals surface area contributed by atoms with E-state index >= 15 is 0 Å². The third kappa shape index (κ3) is 2.15. The van der Waals surface area contributed by atoms with E-state index in [0.29, 0.717) is 0 Å². The van der Waals surface area contributed by atoms with Crippen LogP contribution in [0, 0.1) is 5.92 Å². The molecule has 0 unspecified atom stereocenters. The van der Waals surface area contributed by atoms with Crippen LogP contribution in [0.5, 0.6) is 0 Å². The Kier molecular flexibility index (Phi) is 0.970. The topological polar surface area (TPSA) is 17.1 Å². The fourth-order valence-electron chi connectivity index (χ4n) is 0.144. The summed E-state index contributed by atoms with van der Waals surface area (Å²) in [5, 5.41) is 0. The standard InChI is InChI=1S/C6H10O/c1-4-6(7)5(2)3/h4-5H,1H2,2-3H3/i1D2,4D. The molecule has 0 aromatic rings. The van der Waals surface area contributed by atoms with Gasteiger partial charge in [-0.3, -0.25) is 4.79 Å². The number of ketones is 1. The Labute approximate surface area is 48.3 Å². The van der Waals surface area contributed by atoms with Gasteiger partial charge >= 0.3 is 0 Å². The minimum Gasteiger partial charge on any atom is -0.295 e. The molecule has 0 aromatic carbocycles. The second-order valence-corrected chi connectivity index (χ2v) is 1.64. The van der Waals surface area contributed by atoms with Crippen molar-refractivity contribution in [3.63, 3.8) is 0 Å². The smallest absolute Gasteiger partial charge is 0.157 e. The first-order valence-corrected chi connectivity index (χ1v) is 2.15. The lowest BCUT2D eigenvalue weighted by atomic mass is 10.1. The Morgan fingerprint density at radius 2 is 2.71 bits per heavy atom. The summed E-state index contributed by atoms with van der Waals surface area (Å²) in [6.07, 6.45) is 0. The molecule has 0 aliphatic carbocycles. The van der Waals surface area contributed by atoms with E-state index in [4.69, 9.17) is 4.11 Å². The molecule has 0 aromatic heterocycles. The molecular formula is C6H10O. The highest BCUT2D eigenvalue weighted by Crippen LogP contribution is 1.92. The molecule has 0 saturated carbocycles. The molecule has 0 bridgehead atoms. The quantitative estimate of drug-likeness (QED) is 0.480. The average molecular weight is 101 g/mol. The third-order valence-corrected chi connectivity index (χ3v) is 0.648. The van der Waals surface area contributed by atoms with Crippen LogP contribution in [-0.2, 0) is 4.79 Å². The van der Waals surface area contributed by atoms with E-state index in [1.807, 2.05) is 0 Å². The van der Waals surface area contributed by atoms with Crippen LogP contribution in [0.2, 0.25) is 0 Å². The van der Waals surface area contributed by atoms with Gasteiger partial charge in [-0.1, -0.05) is 20.4 Å². The van der Waals surface area contributed by atoms with Crippen molar-refractivity contribution in [1.29, 1.82) is 0 Å². The van der Waals surface area contributed by atoms with Crippen molar-refractivity contribution in [2.75, 3.05) is 0 Å². The van der Waals surface area contributed by atoms with Crippen LogP contribution in [0.3, 0.4) is 0 Å². The second-order valence-electron chi connectivity index (χ2n) is 1.64. The Morgan fingerprint density at radius 1 is 2.14 bits per heavy atom. The average Bonchev–Trinajstić information content (AvgIpc) is 1.84. The van der Waals surface area contributed by atoms with E-state index < -0.39 is 18.4 Å². The molecule has 0 spiro atoms. The lowest BCUT2D eigenvalue weighted by Crippen LogP contribution is -2.00. The highest BCUT2D eigenvalue weighted by molar-refractivity contribution is 5.90. The summed E-state index contributed by atoms with van der Waals surface area (Å²) >= 11 is 0. The zero-order valence-electron chi connectivity index (χ0n) is 7.49. The fraction of sp³-hybridized carbons (Fsp3) is 0.500. The molecule has 0 amide bonds. The fourth-order valence-corrected chi connectivity index (χ4v) is 0.144. The van der Waals surface area contributed by atoms with Gasteiger partial charge < -0.3 is 0 Å². The van der Waals surface area contributed by atoms with Crippen LogP contribution >= 0.6 is 0 Å². The zero-order chi connectivity index (χ0) is 8.31. The van der Waals surface area contributed by atoms with E-state index in [-0.39, 0.29) is 5.92 Å². The third-order valence-electron chi connectivity index (χ3n) is 0.648. The van der Waals surface area contributed by atoms with Crippen LogP contribution in [0.15, 0.2) is 12.6 Å². The normalized spacial score (nSPS) is 14.4. The molecule has 1 heteroatoms. The number of allylic oxidation sites excluding steroid dienone is 1. The largest absolute Gasteiger partial charge is 0.295 e. The van der Waals surface area contributed by atoms with Gasteiger partial charge in [0.15, 0.2) is 5.78 Å². The van der Waals surface area contributed by atoms with Crippen LogP contribution in [0.25, 0.3) is 0 Å². The molecule has 0 rings (SSSR count). The SMILES string of the molecule is [2H]C([2H])=C([2H])C(=O)C(C)C. The maximum absolute atomic E-state index is 10.8. The number of rotatable bonds is 2. The van der Waals surface area contributed by atoms with E-state index in [9.17, 15) is 4.79 Å². The molecule has 0 saturated heterocycles. The van der Waals surface area contributed by atoms with Gasteiger partial charge in [-0.15, -0.1) is 0 Å². The van der Waals surface area contributed by atoms with E-state index in [0.717, 1.165) is 0 Å². The minimum absolute atomic E-state index is 0.293. The second kappa shape index (κ2) is 2.56. The Morgan fingerprint density at radius 3 is 2.86 bits per heavy atom. The minimum atomic E-state index is -0.710. The first kappa shape index (κ1) is 2.65. The molecule has 1 nitrogen and oxygen atoms in total. The predicted octanol–water partition coefficient (Wildman–Crippen LogP) is 1.40. The van der Waals surface area contributed by atoms with Crippen LogP contribution in [0.4, 0.5) is 0 Å². The number of hydrogen-bond donors (Lipinski definition) is 0. The molecule has 40 valence electrons. The Balaban J connectivity index is 4.38. The molecule has 0 aliphatic rings. The zero-order valence-corrected chi connectivity index (χ0v) is 4.49. The molecule has 0 atom stereocenters. The summed E-state index contributed by atoms with van der Waals surface area (Å²) in [5.74, 6) is -0.738. The van der Waals surface area contributed by atoms with Gasteiger partial charge in [0.2, 0.25) is 0 Å². The Hall–Kier alpha value is -0.590. The van der Waals surface area contributed by atoms with Crippen molar-refractivity contribution in [3.8, 4) is 0 Å². The summed E-state index contributed by atoms with van der Waals surface area (Å²) in [6, 6.07) is -0.505. The van der Waals surface area contributed by atoms with Gasteiger partial charge in [-0.05, 0) is 6.05 Å². The lowest BCUT2D eigenvalue weighted by Gasteiger charge is -1.92. The lowest BCUT2D eigenvalue weighted by molar-refractivity contribution is -0.117. The Bertz CT molecular complexity index is 168. The van der Waals surface area contributed by atoms with Crippen molar-refractivity contribution in [1.82, 2.24) is 0 Å². The first-order valence-electron chi connectivity index (χ1n) is 3.65. The van der Waals surface area contributed by atoms with Gasteiger partial charge in [0.25, 0.3) is 0 Å². The molecule has 0 N–H and O–H groups in total. The van der Waals surface area contributed by atoms with Crippen LogP contribution < -0.4 is 0 Å². The van der Waals surface area contributed by atoms with Gasteiger partial charge in [0.1, 0.15) is 0 Å². The van der Waals surface area contributed by atoms with E-state index in [2.05, 4.69) is 0 Å². The van der Waals surface area contributed by atoms with Crippen LogP contribution in [0.1, 0.15) is 18.0 Å². The van der Waals surface area contributed by atoms with Gasteiger partial charge in [0, 0.05) is 5.92 Å². The van der Waals surface area contributed by atoms with Crippen molar-refractivity contribution < 1.29 is 8.91 Å². The summed E-state index contributed by atoms with van der Waals surface area (Å²) in [7, 11) is 0. The van der Waals surface area contributed by atoms with Gasteiger partial charge in [0.05, 0.1) is 4.11 Å². The predicted molar refractivity (Wildman–Crippen MR) is 30.0 cm³/mol. The van der Waals surface area contributed by atoms with Crippen LogP contribution in [-0.4, -0.2) is 5.78 Å². The molecule has 0 fully saturated rings. The highest BCUT2D eigenvalue weighted by atomic mass is 16.1. The monoisotopic (exact) mass is 101 g/mol. The van der Waals surface area contributed by atoms with Gasteiger partial charge in [-0.25, -0.2) is 0 Å². The summed E-state index contributed by atoms with van der Waals surface area (Å²) < 4.78 is 20.2. The van der Waals surface area contributed by atoms with E-state index in [1.165, 1.54) is 0 Å². The van der Waals surface area contributed by atoms with Crippen molar-refractivity contribution in [2.45, 2.75) is 13.8 Å². The maximum atomic E-state index is 10.8. The van der Waals surface area contributed by atoms with Gasteiger partial charge in [-0.2, -0.15) is 0 Å². The van der Waals surface area contributed by atoms with Crippen molar-refractivity contribution in [2.24, 2.45) is 5.92 Å². The summed E-state index contributed by atoms with van der Waals surface area (Å²) in [6.45, 7) is 2.57. The van der Waals surface area contributed by atoms with Crippen molar-refractivity contribution >= 4 is 5.78 Å². The molecule has 0 radical (unpaired) electrons. The summed E-state index contributed by atoms with van der Waals surface area (Å²) in [5.41, 5.74) is 0. The first-order chi connectivity index (χ1) is 4.46. The van der Waals surface area contributed by atoms with E-state index in [1.54, 1.807) is 13.8 Å². The summed E-state index contributed by atoms with van der Waals surface area (Å²) in [4.78, 5) is 10.8. The molecule has 0 heterocycles. The maximum Gasteiger partial charge on any atom is 0.157 e.